The Morgan fingerprint density at radius 2 is 2.11 bits per heavy atom. The molecule has 0 radical (unpaired) electrons. The lowest BCUT2D eigenvalue weighted by Crippen LogP contribution is -2.09. The van der Waals surface area contributed by atoms with Crippen molar-refractivity contribution in [1.82, 2.24) is 0 Å². The fraction of sp³-hybridized carbons (Fsp3) is 0.571. The highest BCUT2D eigenvalue weighted by atomic mass is 35.5. The molecule has 0 spiro atoms. The van der Waals surface area contributed by atoms with Crippen molar-refractivity contribution in [3.8, 4) is 11.5 Å². The van der Waals surface area contributed by atoms with E-state index in [0.29, 0.717) is 12.5 Å². The average molecular weight is 271 g/mol. The van der Waals surface area contributed by atoms with Crippen molar-refractivity contribution >= 4 is 11.6 Å². The quantitative estimate of drug-likeness (QED) is 0.785. The minimum Gasteiger partial charge on any atom is -0.497 e. The Morgan fingerprint density at radius 3 is 2.67 bits per heavy atom. The fourth-order valence-corrected chi connectivity index (χ4v) is 2.71. The van der Waals surface area contributed by atoms with Crippen molar-refractivity contribution < 1.29 is 14.2 Å². The number of hydrogen-bond acceptors (Lipinski definition) is 3. The van der Waals surface area contributed by atoms with Crippen LogP contribution in [0.3, 0.4) is 0 Å². The third-order valence-corrected chi connectivity index (χ3v) is 3.97. The van der Waals surface area contributed by atoms with Gasteiger partial charge in [-0.2, -0.15) is 0 Å². The van der Waals surface area contributed by atoms with E-state index in [9.17, 15) is 0 Å². The lowest BCUT2D eigenvalue weighted by atomic mass is 9.95. The summed E-state index contributed by atoms with van der Waals surface area (Å²) in [5.41, 5.74) is 0.973. The van der Waals surface area contributed by atoms with E-state index < -0.39 is 0 Å². The molecule has 1 aromatic rings. The van der Waals surface area contributed by atoms with Crippen molar-refractivity contribution in [3.63, 3.8) is 0 Å². The molecule has 3 atom stereocenters. The number of hydrogen-bond donors (Lipinski definition) is 0. The minimum absolute atomic E-state index is 0.111. The molecule has 18 heavy (non-hydrogen) atoms. The van der Waals surface area contributed by atoms with E-state index in [1.165, 1.54) is 0 Å². The number of rotatable bonds is 4. The number of halogens is 1. The van der Waals surface area contributed by atoms with Gasteiger partial charge in [0.05, 0.1) is 32.3 Å². The Bertz CT molecular complexity index is 408. The highest BCUT2D eigenvalue weighted by Crippen LogP contribution is 2.41. The Hall–Kier alpha value is -0.930. The van der Waals surface area contributed by atoms with Crippen molar-refractivity contribution in [2.24, 2.45) is 5.92 Å². The van der Waals surface area contributed by atoms with Gasteiger partial charge in [-0.3, -0.25) is 0 Å². The van der Waals surface area contributed by atoms with Crippen LogP contribution in [0.25, 0.3) is 0 Å². The van der Waals surface area contributed by atoms with Crippen LogP contribution >= 0.6 is 11.6 Å². The van der Waals surface area contributed by atoms with E-state index in [4.69, 9.17) is 25.8 Å². The second-order valence-electron chi connectivity index (χ2n) is 4.65. The number of ether oxygens (including phenoxy) is 3. The summed E-state index contributed by atoms with van der Waals surface area (Å²) in [7, 11) is 3.30. The van der Waals surface area contributed by atoms with E-state index in [1.807, 2.05) is 18.2 Å². The molecular weight excluding hydrogens is 252 g/mol. The maximum atomic E-state index is 6.58. The fourth-order valence-electron chi connectivity index (χ4n) is 2.36. The molecular formula is C14H19ClO3. The predicted molar refractivity (Wildman–Crippen MR) is 71.7 cm³/mol. The van der Waals surface area contributed by atoms with Crippen LogP contribution in [-0.4, -0.2) is 26.9 Å². The summed E-state index contributed by atoms with van der Waals surface area (Å²) in [4.78, 5) is 0. The minimum atomic E-state index is -0.111. The van der Waals surface area contributed by atoms with Crippen LogP contribution in [0.2, 0.25) is 0 Å². The van der Waals surface area contributed by atoms with Crippen LogP contribution in [0, 0.1) is 5.92 Å². The van der Waals surface area contributed by atoms with Gasteiger partial charge in [0.25, 0.3) is 0 Å². The van der Waals surface area contributed by atoms with Gasteiger partial charge in [-0.15, -0.1) is 11.6 Å². The molecule has 1 fully saturated rings. The summed E-state index contributed by atoms with van der Waals surface area (Å²) in [5, 5.41) is -0.111. The lowest BCUT2D eigenvalue weighted by Gasteiger charge is -2.19. The van der Waals surface area contributed by atoms with Gasteiger partial charge in [0, 0.05) is 11.5 Å². The standard InChI is InChI=1S/C14H19ClO3/c1-9-6-10(8-18-9)14(15)12-7-11(16-2)4-5-13(12)17-3/h4-5,7,9-10,14H,6,8H2,1-3H3. The van der Waals surface area contributed by atoms with Crippen molar-refractivity contribution in [1.29, 1.82) is 0 Å². The van der Waals surface area contributed by atoms with E-state index in [-0.39, 0.29) is 11.5 Å². The van der Waals surface area contributed by atoms with Gasteiger partial charge in [-0.25, -0.2) is 0 Å². The molecule has 1 aliphatic heterocycles. The molecule has 0 aromatic heterocycles. The van der Waals surface area contributed by atoms with Crippen molar-refractivity contribution in [2.45, 2.75) is 24.8 Å². The Labute approximate surface area is 113 Å². The Kier molecular flexibility index (Phi) is 4.36. The SMILES string of the molecule is COc1ccc(OC)c(C(Cl)C2COC(C)C2)c1. The van der Waals surface area contributed by atoms with Gasteiger partial charge < -0.3 is 14.2 Å². The van der Waals surface area contributed by atoms with Crippen LogP contribution in [0.4, 0.5) is 0 Å². The van der Waals surface area contributed by atoms with Crippen molar-refractivity contribution in [2.75, 3.05) is 20.8 Å². The van der Waals surface area contributed by atoms with Gasteiger partial charge in [0.15, 0.2) is 0 Å². The zero-order valence-corrected chi connectivity index (χ0v) is 11.7. The highest BCUT2D eigenvalue weighted by molar-refractivity contribution is 6.21. The van der Waals surface area contributed by atoms with Gasteiger partial charge in [0.1, 0.15) is 11.5 Å². The second-order valence-corrected chi connectivity index (χ2v) is 5.12. The summed E-state index contributed by atoms with van der Waals surface area (Å²) in [5.74, 6) is 1.92. The maximum Gasteiger partial charge on any atom is 0.123 e. The van der Waals surface area contributed by atoms with E-state index in [2.05, 4.69) is 6.92 Å². The number of methoxy groups -OCH3 is 2. The lowest BCUT2D eigenvalue weighted by molar-refractivity contribution is 0.119. The Morgan fingerprint density at radius 1 is 1.33 bits per heavy atom. The van der Waals surface area contributed by atoms with Gasteiger partial charge in [0.2, 0.25) is 0 Å². The summed E-state index contributed by atoms with van der Waals surface area (Å²) in [6.45, 7) is 2.78. The molecule has 1 saturated heterocycles. The number of alkyl halides is 1. The molecule has 0 N–H and O–H groups in total. The van der Waals surface area contributed by atoms with Gasteiger partial charge in [-0.05, 0) is 31.5 Å². The first kappa shape index (κ1) is 13.5. The molecule has 4 heteroatoms. The van der Waals surface area contributed by atoms with Crippen LogP contribution in [0.5, 0.6) is 11.5 Å². The first-order valence-electron chi connectivity index (χ1n) is 6.13. The third kappa shape index (κ3) is 2.73. The van der Waals surface area contributed by atoms with Crippen LogP contribution in [-0.2, 0) is 4.74 Å². The van der Waals surface area contributed by atoms with Crippen molar-refractivity contribution in [3.05, 3.63) is 23.8 Å². The summed E-state index contributed by atoms with van der Waals surface area (Å²) >= 11 is 6.58. The van der Waals surface area contributed by atoms with Crippen LogP contribution < -0.4 is 9.47 Å². The molecule has 1 heterocycles. The third-order valence-electron chi connectivity index (χ3n) is 3.38. The molecule has 1 aromatic carbocycles. The maximum absolute atomic E-state index is 6.58. The molecule has 3 unspecified atom stereocenters. The molecule has 3 nitrogen and oxygen atoms in total. The van der Waals surface area contributed by atoms with Gasteiger partial charge >= 0.3 is 0 Å². The highest BCUT2D eigenvalue weighted by Gasteiger charge is 2.31. The van der Waals surface area contributed by atoms with E-state index in [1.54, 1.807) is 14.2 Å². The molecule has 0 saturated carbocycles. The first-order valence-corrected chi connectivity index (χ1v) is 6.57. The molecule has 1 aliphatic rings. The van der Waals surface area contributed by atoms with E-state index >= 15 is 0 Å². The smallest absolute Gasteiger partial charge is 0.123 e. The van der Waals surface area contributed by atoms with Crippen LogP contribution in [0.1, 0.15) is 24.3 Å². The molecule has 100 valence electrons. The molecule has 2 rings (SSSR count). The molecule has 0 bridgehead atoms. The van der Waals surface area contributed by atoms with Crippen LogP contribution in [0.15, 0.2) is 18.2 Å². The summed E-state index contributed by atoms with van der Waals surface area (Å²) in [6, 6.07) is 5.71. The average Bonchev–Trinajstić information content (AvgIpc) is 2.83. The monoisotopic (exact) mass is 270 g/mol. The molecule has 0 amide bonds. The first-order chi connectivity index (χ1) is 8.65. The topological polar surface area (TPSA) is 27.7 Å². The van der Waals surface area contributed by atoms with Gasteiger partial charge in [-0.1, -0.05) is 0 Å². The normalized spacial score (nSPS) is 24.9. The van der Waals surface area contributed by atoms with E-state index in [0.717, 1.165) is 23.5 Å². The summed E-state index contributed by atoms with van der Waals surface area (Å²) < 4.78 is 16.2. The summed E-state index contributed by atoms with van der Waals surface area (Å²) in [6.07, 6.45) is 1.27. The second kappa shape index (κ2) is 5.81. The zero-order chi connectivity index (χ0) is 13.1. The largest absolute Gasteiger partial charge is 0.497 e. The zero-order valence-electron chi connectivity index (χ0n) is 11.0. The molecule has 0 aliphatic carbocycles. The Balaban J connectivity index is 2.24. The predicted octanol–water partition coefficient (Wildman–Crippen LogP) is 3.41. The number of benzene rings is 1.